The monoisotopic (exact) mass is 549 g/mol. The summed E-state index contributed by atoms with van der Waals surface area (Å²) >= 11 is 0. The van der Waals surface area contributed by atoms with E-state index in [1.54, 1.807) is 17.8 Å². The molecule has 0 bridgehead atoms. The number of para-hydroxylation sites is 1. The number of aryl methyl sites for hydroxylation is 3. The Kier molecular flexibility index (Phi) is 5.97. The Morgan fingerprint density at radius 1 is 0.976 bits per heavy atom. The summed E-state index contributed by atoms with van der Waals surface area (Å²) in [5, 5.41) is 12.2. The molecule has 2 aliphatic rings. The maximum absolute atomic E-state index is 13.4. The smallest absolute Gasteiger partial charge is 0.261 e. The van der Waals surface area contributed by atoms with Gasteiger partial charge in [0, 0.05) is 55.9 Å². The third-order valence-corrected chi connectivity index (χ3v) is 7.77. The SMILES string of the molecule is Cc1cc(Nc2cc(Nc3cccc4c3N(C)Cc3c-4cnn3C3CCOC3)c3c(=O)n(C)ccc3n2)nc(C)n1. The molecule has 208 valence electrons. The Hall–Kier alpha value is -4.77. The van der Waals surface area contributed by atoms with Crippen molar-refractivity contribution in [3.05, 3.63) is 76.4 Å². The van der Waals surface area contributed by atoms with Gasteiger partial charge in [-0.2, -0.15) is 5.10 Å². The number of aromatic nitrogens is 6. The summed E-state index contributed by atoms with van der Waals surface area (Å²) in [5.74, 6) is 1.89. The molecule has 1 fully saturated rings. The highest BCUT2D eigenvalue weighted by atomic mass is 16.5. The van der Waals surface area contributed by atoms with Gasteiger partial charge in [-0.25, -0.2) is 15.0 Å². The van der Waals surface area contributed by atoms with Crippen molar-refractivity contribution in [1.29, 1.82) is 0 Å². The van der Waals surface area contributed by atoms with Crippen molar-refractivity contribution in [2.24, 2.45) is 7.05 Å². The lowest BCUT2D eigenvalue weighted by Crippen LogP contribution is -2.26. The van der Waals surface area contributed by atoms with Crippen LogP contribution in [0.15, 0.2) is 53.6 Å². The number of anilines is 5. The third-order valence-electron chi connectivity index (χ3n) is 7.77. The van der Waals surface area contributed by atoms with Crippen LogP contribution in [0.4, 0.5) is 28.7 Å². The minimum absolute atomic E-state index is 0.127. The van der Waals surface area contributed by atoms with Crippen molar-refractivity contribution in [3.8, 4) is 11.1 Å². The van der Waals surface area contributed by atoms with Gasteiger partial charge in [0.15, 0.2) is 0 Å². The van der Waals surface area contributed by atoms with E-state index < -0.39 is 0 Å². The largest absolute Gasteiger partial charge is 0.379 e. The molecule has 41 heavy (non-hydrogen) atoms. The van der Waals surface area contributed by atoms with E-state index in [4.69, 9.17) is 14.8 Å². The molecule has 0 spiro atoms. The zero-order valence-electron chi connectivity index (χ0n) is 23.5. The number of rotatable bonds is 5. The lowest BCUT2D eigenvalue weighted by atomic mass is 9.97. The molecule has 2 aliphatic heterocycles. The van der Waals surface area contributed by atoms with E-state index in [-0.39, 0.29) is 11.6 Å². The molecule has 4 aromatic heterocycles. The molecule has 5 aromatic rings. The molecule has 6 heterocycles. The predicted octanol–water partition coefficient (Wildman–Crippen LogP) is 4.60. The van der Waals surface area contributed by atoms with Gasteiger partial charge in [-0.1, -0.05) is 12.1 Å². The third kappa shape index (κ3) is 4.38. The fraction of sp³-hybridized carbons (Fsp3) is 0.300. The summed E-state index contributed by atoms with van der Waals surface area (Å²) in [6.07, 6.45) is 4.67. The lowest BCUT2D eigenvalue weighted by molar-refractivity contribution is 0.184. The van der Waals surface area contributed by atoms with Gasteiger partial charge in [0.1, 0.15) is 17.5 Å². The standard InChI is InChI=1S/C30H31N9O2/c1-17-12-26(33-18(2)32-17)36-27-13-24(28-22(35-27)8-10-37(3)30(28)40)34-23-7-5-6-20-21-14-31-39(19-9-11-41-16-19)25(21)15-38(4)29(20)23/h5-8,10,12-14,19H,9,11,15-16H2,1-4H3,(H2,32,33,34,35,36). The molecule has 0 saturated carbocycles. The number of benzene rings is 1. The summed E-state index contributed by atoms with van der Waals surface area (Å²) < 4.78 is 9.34. The summed E-state index contributed by atoms with van der Waals surface area (Å²) in [5.41, 5.74) is 7.34. The summed E-state index contributed by atoms with van der Waals surface area (Å²) in [6, 6.07) is 12.1. The minimum Gasteiger partial charge on any atom is -0.379 e. The van der Waals surface area contributed by atoms with Gasteiger partial charge in [-0.15, -0.1) is 0 Å². The van der Waals surface area contributed by atoms with Gasteiger partial charge in [0.05, 0.1) is 59.0 Å². The Bertz CT molecular complexity index is 1850. The quantitative estimate of drug-likeness (QED) is 0.324. The van der Waals surface area contributed by atoms with Crippen LogP contribution in [0.5, 0.6) is 0 Å². The maximum Gasteiger partial charge on any atom is 0.261 e. The molecule has 0 amide bonds. The first-order chi connectivity index (χ1) is 19.9. The number of nitrogens with zero attached hydrogens (tertiary/aromatic N) is 7. The fourth-order valence-electron chi connectivity index (χ4n) is 5.93. The van der Waals surface area contributed by atoms with Gasteiger partial charge in [0.2, 0.25) is 0 Å². The topological polar surface area (TPSA) is 115 Å². The molecule has 1 aromatic carbocycles. The van der Waals surface area contributed by atoms with Crippen molar-refractivity contribution < 1.29 is 4.74 Å². The average molecular weight is 550 g/mol. The molecule has 11 nitrogen and oxygen atoms in total. The fourth-order valence-corrected chi connectivity index (χ4v) is 5.93. The number of fused-ring (bicyclic) bond motifs is 4. The van der Waals surface area contributed by atoms with E-state index in [2.05, 4.69) is 43.3 Å². The van der Waals surface area contributed by atoms with Crippen molar-refractivity contribution in [2.45, 2.75) is 32.9 Å². The first-order valence-corrected chi connectivity index (χ1v) is 13.7. The van der Waals surface area contributed by atoms with Crippen LogP contribution < -0.4 is 21.1 Å². The number of hydrogen-bond donors (Lipinski definition) is 2. The van der Waals surface area contributed by atoms with E-state index in [0.29, 0.717) is 40.7 Å². The van der Waals surface area contributed by atoms with Crippen LogP contribution in [0.3, 0.4) is 0 Å². The van der Waals surface area contributed by atoms with Crippen molar-refractivity contribution in [1.82, 2.24) is 29.3 Å². The summed E-state index contributed by atoms with van der Waals surface area (Å²) in [7, 11) is 3.84. The molecule has 2 N–H and O–H groups in total. The highest BCUT2D eigenvalue weighted by Gasteiger charge is 2.30. The van der Waals surface area contributed by atoms with Gasteiger partial charge >= 0.3 is 0 Å². The van der Waals surface area contributed by atoms with Gasteiger partial charge in [-0.3, -0.25) is 9.48 Å². The predicted molar refractivity (Wildman–Crippen MR) is 159 cm³/mol. The van der Waals surface area contributed by atoms with Gasteiger partial charge in [-0.05, 0) is 32.4 Å². The highest BCUT2D eigenvalue weighted by molar-refractivity contribution is 5.98. The number of nitrogens with one attached hydrogen (secondary N) is 2. The molecule has 0 aliphatic carbocycles. The number of ether oxygens (including phenoxy) is 1. The molecule has 1 saturated heterocycles. The van der Waals surface area contributed by atoms with Crippen molar-refractivity contribution in [2.75, 3.05) is 35.8 Å². The summed E-state index contributed by atoms with van der Waals surface area (Å²) in [4.78, 5) is 29.2. The van der Waals surface area contributed by atoms with E-state index in [9.17, 15) is 4.79 Å². The van der Waals surface area contributed by atoms with Gasteiger partial charge in [0.25, 0.3) is 5.56 Å². The van der Waals surface area contributed by atoms with Crippen LogP contribution >= 0.6 is 0 Å². The number of pyridine rings is 2. The minimum atomic E-state index is -0.127. The van der Waals surface area contributed by atoms with Crippen LogP contribution in [0.2, 0.25) is 0 Å². The molecule has 1 unspecified atom stereocenters. The molecule has 0 radical (unpaired) electrons. The molecular formula is C30H31N9O2. The average Bonchev–Trinajstić information content (AvgIpc) is 3.60. The van der Waals surface area contributed by atoms with E-state index >= 15 is 0 Å². The highest BCUT2D eigenvalue weighted by Crippen LogP contribution is 2.45. The molecule has 7 rings (SSSR count). The molecular weight excluding hydrogens is 518 g/mol. The first-order valence-electron chi connectivity index (χ1n) is 13.7. The van der Waals surface area contributed by atoms with Crippen LogP contribution in [-0.4, -0.2) is 49.6 Å². The normalized spacial score (nSPS) is 16.1. The second kappa shape index (κ2) is 9.70. The van der Waals surface area contributed by atoms with E-state index in [1.165, 1.54) is 5.69 Å². The van der Waals surface area contributed by atoms with Crippen molar-refractivity contribution >= 4 is 39.6 Å². The molecule has 1 atom stereocenters. The Balaban J connectivity index is 1.33. The number of hydrogen-bond acceptors (Lipinski definition) is 9. The second-order valence-corrected chi connectivity index (χ2v) is 10.8. The van der Waals surface area contributed by atoms with E-state index in [0.717, 1.165) is 47.8 Å². The van der Waals surface area contributed by atoms with Crippen LogP contribution in [0.25, 0.3) is 22.0 Å². The first kappa shape index (κ1) is 25.2. The molecule has 11 heteroatoms. The van der Waals surface area contributed by atoms with E-state index in [1.807, 2.05) is 50.4 Å². The van der Waals surface area contributed by atoms with Gasteiger partial charge < -0.3 is 24.8 Å². The van der Waals surface area contributed by atoms with Crippen molar-refractivity contribution in [3.63, 3.8) is 0 Å². The van der Waals surface area contributed by atoms with Crippen LogP contribution in [0.1, 0.15) is 29.7 Å². The van der Waals surface area contributed by atoms with Crippen LogP contribution in [-0.2, 0) is 18.3 Å². The zero-order valence-corrected chi connectivity index (χ0v) is 23.5. The second-order valence-electron chi connectivity index (χ2n) is 10.8. The zero-order chi connectivity index (χ0) is 28.2. The Morgan fingerprint density at radius 3 is 2.63 bits per heavy atom. The lowest BCUT2D eigenvalue weighted by Gasteiger charge is -2.31. The van der Waals surface area contributed by atoms with Crippen LogP contribution in [0, 0.1) is 13.8 Å². The maximum atomic E-state index is 13.4. The summed E-state index contributed by atoms with van der Waals surface area (Å²) in [6.45, 7) is 5.97. The Morgan fingerprint density at radius 2 is 1.83 bits per heavy atom. The Labute approximate surface area is 236 Å².